The van der Waals surface area contributed by atoms with Crippen LogP contribution in [-0.2, 0) is 23.2 Å². The molecule has 0 aromatic carbocycles. The average molecular weight is 378 g/mol. The Morgan fingerprint density at radius 2 is 2.04 bits per heavy atom. The van der Waals surface area contributed by atoms with Crippen LogP contribution in [0, 0.1) is 0 Å². The number of alkyl halides is 3. The molecule has 0 atom stereocenters. The predicted octanol–water partition coefficient (Wildman–Crippen LogP) is 2.96. The van der Waals surface area contributed by atoms with Crippen molar-refractivity contribution in [3.8, 4) is 10.6 Å². The minimum absolute atomic E-state index is 0.0738. The quantitative estimate of drug-likeness (QED) is 0.754. The smallest absolute Gasteiger partial charge is 0.351 e. The Hall–Kier alpha value is -2.34. The molecule has 3 aromatic heterocycles. The molecule has 0 aliphatic carbocycles. The van der Waals surface area contributed by atoms with Crippen LogP contribution in [0.4, 0.5) is 19.0 Å². The van der Waals surface area contributed by atoms with Crippen LogP contribution < -0.4 is 4.72 Å². The van der Waals surface area contributed by atoms with E-state index in [2.05, 4.69) is 19.5 Å². The summed E-state index contributed by atoms with van der Waals surface area (Å²) in [5.41, 5.74) is -0.0886. The van der Waals surface area contributed by atoms with Gasteiger partial charge in [0.05, 0.1) is 11.1 Å². The van der Waals surface area contributed by atoms with Gasteiger partial charge >= 0.3 is 6.18 Å². The number of rotatable bonds is 4. The van der Waals surface area contributed by atoms with E-state index in [1.807, 2.05) is 0 Å². The first-order chi connectivity index (χ1) is 11.2. The molecule has 0 amide bonds. The molecule has 0 unspecified atom stereocenters. The number of hydrogen-bond donors (Lipinski definition) is 1. The van der Waals surface area contributed by atoms with E-state index in [1.54, 1.807) is 7.05 Å². The molecule has 3 heterocycles. The standard InChI is InChI=1S/C12H9F3N4O3S2/c1-19-10(4-5-16-19)18-24(20,21)11-3-2-8(23-11)7-6-9(22-17-7)12(13,14)15/h2-6,18H,1H3. The predicted molar refractivity (Wildman–Crippen MR) is 78.8 cm³/mol. The maximum atomic E-state index is 12.5. The first-order valence-corrected chi connectivity index (χ1v) is 8.62. The number of nitrogens with one attached hydrogen (secondary N) is 1. The molecule has 0 spiro atoms. The zero-order valence-corrected chi connectivity index (χ0v) is 13.5. The molecule has 3 aromatic rings. The van der Waals surface area contributed by atoms with Gasteiger partial charge in [-0.25, -0.2) is 8.42 Å². The Kier molecular flexibility index (Phi) is 3.87. The second-order valence-corrected chi connectivity index (χ2v) is 7.63. The maximum absolute atomic E-state index is 12.5. The average Bonchev–Trinajstić information content (AvgIpc) is 3.17. The molecule has 24 heavy (non-hydrogen) atoms. The maximum Gasteiger partial charge on any atom is 0.452 e. The molecular weight excluding hydrogens is 369 g/mol. The molecule has 7 nitrogen and oxygen atoms in total. The van der Waals surface area contributed by atoms with Gasteiger partial charge in [0.15, 0.2) is 0 Å². The van der Waals surface area contributed by atoms with Crippen molar-refractivity contribution in [2.75, 3.05) is 4.72 Å². The summed E-state index contributed by atoms with van der Waals surface area (Å²) in [5.74, 6) is -0.992. The monoisotopic (exact) mass is 378 g/mol. The van der Waals surface area contributed by atoms with Crippen LogP contribution in [0.25, 0.3) is 10.6 Å². The summed E-state index contributed by atoms with van der Waals surface area (Å²) in [6.07, 6.45) is -3.23. The van der Waals surface area contributed by atoms with E-state index in [4.69, 9.17) is 0 Å². The summed E-state index contributed by atoms with van der Waals surface area (Å²) in [6.45, 7) is 0. The number of hydrogen-bond acceptors (Lipinski definition) is 6. The molecule has 0 saturated carbocycles. The van der Waals surface area contributed by atoms with Crippen LogP contribution >= 0.6 is 11.3 Å². The number of aryl methyl sites for hydroxylation is 1. The van der Waals surface area contributed by atoms with Crippen molar-refractivity contribution in [2.24, 2.45) is 7.05 Å². The first kappa shape index (κ1) is 16.5. The SMILES string of the molecule is Cn1nccc1NS(=O)(=O)c1ccc(-c2cc(C(F)(F)F)on2)s1. The summed E-state index contributed by atoms with van der Waals surface area (Å²) >= 11 is 0.775. The van der Waals surface area contributed by atoms with Gasteiger partial charge < -0.3 is 4.52 Å². The zero-order chi connectivity index (χ0) is 17.5. The second kappa shape index (κ2) is 5.63. The lowest BCUT2D eigenvalue weighted by Gasteiger charge is -2.05. The third-order valence-corrected chi connectivity index (χ3v) is 5.90. The molecular formula is C12H9F3N4O3S2. The molecule has 0 aliphatic heterocycles. The highest BCUT2D eigenvalue weighted by Gasteiger charge is 2.36. The number of aromatic nitrogens is 3. The van der Waals surface area contributed by atoms with Crippen LogP contribution in [0.1, 0.15) is 5.76 Å². The van der Waals surface area contributed by atoms with E-state index >= 15 is 0 Å². The lowest BCUT2D eigenvalue weighted by atomic mass is 10.3. The van der Waals surface area contributed by atoms with Crippen molar-refractivity contribution in [3.63, 3.8) is 0 Å². The van der Waals surface area contributed by atoms with Gasteiger partial charge in [0, 0.05) is 19.2 Å². The summed E-state index contributed by atoms with van der Waals surface area (Å²) in [6, 6.07) is 4.83. The third-order valence-electron chi connectivity index (χ3n) is 2.95. The largest absolute Gasteiger partial charge is 0.452 e. The Morgan fingerprint density at radius 3 is 2.62 bits per heavy atom. The number of halogens is 3. The minimum atomic E-state index is -4.65. The number of sulfonamides is 1. The van der Waals surface area contributed by atoms with Crippen molar-refractivity contribution in [1.29, 1.82) is 0 Å². The highest BCUT2D eigenvalue weighted by atomic mass is 32.2. The van der Waals surface area contributed by atoms with E-state index < -0.39 is 22.0 Å². The Balaban J connectivity index is 1.87. The molecule has 0 radical (unpaired) electrons. The van der Waals surface area contributed by atoms with Crippen molar-refractivity contribution in [3.05, 3.63) is 36.2 Å². The van der Waals surface area contributed by atoms with Gasteiger partial charge in [-0.05, 0) is 12.1 Å². The van der Waals surface area contributed by atoms with Crippen molar-refractivity contribution in [2.45, 2.75) is 10.4 Å². The minimum Gasteiger partial charge on any atom is -0.351 e. The van der Waals surface area contributed by atoms with Crippen molar-refractivity contribution < 1.29 is 26.1 Å². The zero-order valence-electron chi connectivity index (χ0n) is 11.9. The van der Waals surface area contributed by atoms with Crippen LogP contribution in [0.3, 0.4) is 0 Å². The number of thiophene rings is 1. The van der Waals surface area contributed by atoms with E-state index in [9.17, 15) is 21.6 Å². The summed E-state index contributed by atoms with van der Waals surface area (Å²) in [4.78, 5) is 0.236. The van der Waals surface area contributed by atoms with E-state index in [1.165, 1.54) is 29.1 Å². The van der Waals surface area contributed by atoms with Gasteiger partial charge in [-0.3, -0.25) is 9.40 Å². The highest BCUT2D eigenvalue weighted by Crippen LogP contribution is 2.35. The molecule has 128 valence electrons. The molecule has 12 heteroatoms. The van der Waals surface area contributed by atoms with Crippen LogP contribution in [0.15, 0.2) is 39.2 Å². The van der Waals surface area contributed by atoms with Gasteiger partial charge in [-0.2, -0.15) is 18.3 Å². The molecule has 3 rings (SSSR count). The van der Waals surface area contributed by atoms with Gasteiger partial charge in [0.2, 0.25) is 5.76 Å². The molecule has 0 fully saturated rings. The van der Waals surface area contributed by atoms with E-state index in [-0.39, 0.29) is 20.6 Å². The lowest BCUT2D eigenvalue weighted by Crippen LogP contribution is -2.14. The van der Waals surface area contributed by atoms with Gasteiger partial charge in [0.25, 0.3) is 10.0 Å². The summed E-state index contributed by atoms with van der Waals surface area (Å²) < 4.78 is 70.0. The van der Waals surface area contributed by atoms with Crippen molar-refractivity contribution in [1.82, 2.24) is 14.9 Å². The lowest BCUT2D eigenvalue weighted by molar-refractivity contribution is -0.155. The Bertz CT molecular complexity index is 972. The van der Waals surface area contributed by atoms with Gasteiger partial charge in [0.1, 0.15) is 15.7 Å². The van der Waals surface area contributed by atoms with Crippen LogP contribution in [0.5, 0.6) is 0 Å². The number of anilines is 1. The second-order valence-electron chi connectivity index (χ2n) is 4.64. The first-order valence-electron chi connectivity index (χ1n) is 6.32. The Morgan fingerprint density at radius 1 is 1.29 bits per heavy atom. The fourth-order valence-electron chi connectivity index (χ4n) is 1.79. The highest BCUT2D eigenvalue weighted by molar-refractivity contribution is 7.94. The Labute approximate surface area is 137 Å². The van der Waals surface area contributed by atoms with Crippen LogP contribution in [0.2, 0.25) is 0 Å². The number of nitrogens with zero attached hydrogens (tertiary/aromatic N) is 3. The van der Waals surface area contributed by atoms with E-state index in [0.717, 1.165) is 17.4 Å². The topological polar surface area (TPSA) is 90.0 Å². The van der Waals surface area contributed by atoms with Crippen LogP contribution in [-0.4, -0.2) is 23.4 Å². The van der Waals surface area contributed by atoms with E-state index in [0.29, 0.717) is 0 Å². The fraction of sp³-hybridized carbons (Fsp3) is 0.167. The normalized spacial score (nSPS) is 12.5. The van der Waals surface area contributed by atoms with Crippen molar-refractivity contribution >= 4 is 27.2 Å². The summed E-state index contributed by atoms with van der Waals surface area (Å²) in [7, 11) is -2.33. The molecule has 0 aliphatic rings. The third kappa shape index (κ3) is 3.14. The molecule has 0 bridgehead atoms. The fourth-order valence-corrected chi connectivity index (χ4v) is 4.14. The van der Waals surface area contributed by atoms with Gasteiger partial charge in [-0.15, -0.1) is 11.3 Å². The van der Waals surface area contributed by atoms with Gasteiger partial charge in [-0.1, -0.05) is 5.16 Å². The molecule has 0 saturated heterocycles. The molecule has 1 N–H and O–H groups in total. The summed E-state index contributed by atoms with van der Waals surface area (Å²) in [5, 5.41) is 7.16.